The number of hydrogen-bond donors (Lipinski definition) is 0. The van der Waals surface area contributed by atoms with Crippen molar-refractivity contribution >= 4 is 0 Å². The van der Waals surface area contributed by atoms with Crippen LogP contribution in [0, 0.1) is 17.7 Å². The van der Waals surface area contributed by atoms with Crippen LogP contribution in [-0.4, -0.2) is 16.8 Å². The number of benzene rings is 1. The Bertz CT molecular complexity index is 709. The van der Waals surface area contributed by atoms with E-state index in [2.05, 4.69) is 17.1 Å². The molecule has 0 bridgehead atoms. The van der Waals surface area contributed by atoms with Crippen LogP contribution in [0.4, 0.5) is 4.39 Å². The summed E-state index contributed by atoms with van der Waals surface area (Å²) < 4.78 is 19.5. The van der Waals surface area contributed by atoms with E-state index in [0.29, 0.717) is 18.1 Å². The van der Waals surface area contributed by atoms with Crippen LogP contribution in [0.2, 0.25) is 0 Å². The normalized spacial score (nSPS) is 19.8. The third-order valence-corrected chi connectivity index (χ3v) is 5.76. The molecule has 27 heavy (non-hydrogen) atoms. The second-order valence-electron chi connectivity index (χ2n) is 7.74. The van der Waals surface area contributed by atoms with Gasteiger partial charge in [0.25, 0.3) is 0 Å². The minimum absolute atomic E-state index is 0.294. The number of aromatic nitrogens is 2. The number of aryl methyl sites for hydroxylation is 1. The molecule has 1 aromatic carbocycles. The number of ether oxygens (including phenoxy) is 1. The quantitative estimate of drug-likeness (QED) is 0.553. The summed E-state index contributed by atoms with van der Waals surface area (Å²) in [5, 5.41) is 8.68. The van der Waals surface area contributed by atoms with Crippen LogP contribution >= 0.6 is 0 Å². The summed E-state index contributed by atoms with van der Waals surface area (Å²) in [6.07, 6.45) is 9.84. The van der Waals surface area contributed by atoms with Gasteiger partial charge in [0.15, 0.2) is 11.6 Å². The van der Waals surface area contributed by atoms with Gasteiger partial charge in [-0.25, -0.2) is 4.39 Å². The molecule has 1 aromatic heterocycles. The fourth-order valence-electron chi connectivity index (χ4n) is 3.92. The first kappa shape index (κ1) is 19.8. The molecule has 0 atom stereocenters. The minimum atomic E-state index is -0.352. The van der Waals surface area contributed by atoms with E-state index in [4.69, 9.17) is 4.74 Å². The van der Waals surface area contributed by atoms with Gasteiger partial charge in [-0.15, -0.1) is 0 Å². The predicted octanol–water partition coefficient (Wildman–Crippen LogP) is 6.22. The van der Waals surface area contributed by atoms with Crippen molar-refractivity contribution in [1.82, 2.24) is 10.2 Å². The molecule has 0 aliphatic heterocycles. The Labute approximate surface area is 162 Å². The molecule has 2 aromatic rings. The standard InChI is InChI=1S/C23H31FN2O/c1-3-15-27-23-14-10-19(16-21(23)24)22-13-12-20(25-26-22)11-9-18-7-5-17(4-2)6-8-18/h10,12-14,16-18H,3-9,11,15H2,1-2H3. The number of hydrogen-bond acceptors (Lipinski definition) is 3. The number of nitrogens with zero attached hydrogens (tertiary/aromatic N) is 2. The molecular weight excluding hydrogens is 339 g/mol. The average Bonchev–Trinajstić information content (AvgIpc) is 2.72. The molecule has 0 radical (unpaired) electrons. The van der Waals surface area contributed by atoms with Crippen molar-refractivity contribution in [3.05, 3.63) is 41.8 Å². The molecule has 1 saturated carbocycles. The molecule has 0 saturated heterocycles. The molecule has 1 fully saturated rings. The Morgan fingerprint density at radius 1 is 1.00 bits per heavy atom. The van der Waals surface area contributed by atoms with Gasteiger partial charge in [0.05, 0.1) is 18.0 Å². The second kappa shape index (κ2) is 9.82. The van der Waals surface area contributed by atoms with Crippen LogP contribution in [0.25, 0.3) is 11.3 Å². The SMILES string of the molecule is CCCOc1ccc(-c2ccc(CCC3CCC(CC)CC3)nn2)cc1F. The third kappa shape index (κ3) is 5.50. The maximum Gasteiger partial charge on any atom is 0.165 e. The van der Waals surface area contributed by atoms with Crippen molar-refractivity contribution in [3.63, 3.8) is 0 Å². The Morgan fingerprint density at radius 3 is 2.41 bits per heavy atom. The average molecular weight is 371 g/mol. The zero-order valence-electron chi connectivity index (χ0n) is 16.6. The van der Waals surface area contributed by atoms with Gasteiger partial charge in [0.1, 0.15) is 0 Å². The summed E-state index contributed by atoms with van der Waals surface area (Å²) in [4.78, 5) is 0. The molecule has 1 heterocycles. The zero-order valence-corrected chi connectivity index (χ0v) is 16.6. The molecule has 3 nitrogen and oxygen atoms in total. The van der Waals surface area contributed by atoms with Gasteiger partial charge in [-0.05, 0) is 61.4 Å². The molecule has 146 valence electrons. The molecule has 3 rings (SSSR count). The van der Waals surface area contributed by atoms with Crippen LogP contribution in [0.15, 0.2) is 30.3 Å². The lowest BCUT2D eigenvalue weighted by Crippen LogP contribution is -2.14. The molecule has 1 aliphatic rings. The number of halogens is 1. The molecule has 1 aliphatic carbocycles. The maximum atomic E-state index is 14.1. The van der Waals surface area contributed by atoms with Crippen LogP contribution < -0.4 is 4.74 Å². The fraction of sp³-hybridized carbons (Fsp3) is 0.565. The van der Waals surface area contributed by atoms with Gasteiger partial charge < -0.3 is 4.74 Å². The molecular formula is C23H31FN2O. The molecule has 4 heteroatoms. The molecule has 0 N–H and O–H groups in total. The van der Waals surface area contributed by atoms with Crippen LogP contribution in [0.3, 0.4) is 0 Å². The third-order valence-electron chi connectivity index (χ3n) is 5.76. The van der Waals surface area contributed by atoms with Gasteiger partial charge in [-0.1, -0.05) is 46.0 Å². The lowest BCUT2D eigenvalue weighted by Gasteiger charge is -2.27. The van der Waals surface area contributed by atoms with E-state index in [9.17, 15) is 4.39 Å². The summed E-state index contributed by atoms with van der Waals surface area (Å²) >= 11 is 0. The highest BCUT2D eigenvalue weighted by atomic mass is 19.1. The van der Waals surface area contributed by atoms with E-state index in [1.807, 2.05) is 25.1 Å². The van der Waals surface area contributed by atoms with Crippen molar-refractivity contribution in [3.8, 4) is 17.0 Å². The first-order valence-corrected chi connectivity index (χ1v) is 10.4. The van der Waals surface area contributed by atoms with E-state index < -0.39 is 0 Å². The fourth-order valence-corrected chi connectivity index (χ4v) is 3.92. The maximum absolute atomic E-state index is 14.1. The Morgan fingerprint density at radius 2 is 1.78 bits per heavy atom. The zero-order chi connectivity index (χ0) is 19.1. The molecule has 0 unspecified atom stereocenters. The highest BCUT2D eigenvalue weighted by Crippen LogP contribution is 2.33. The summed E-state index contributed by atoms with van der Waals surface area (Å²) in [6.45, 7) is 4.82. The number of rotatable bonds is 8. The van der Waals surface area contributed by atoms with Crippen molar-refractivity contribution in [2.45, 2.75) is 65.2 Å². The van der Waals surface area contributed by atoms with E-state index in [-0.39, 0.29) is 5.82 Å². The van der Waals surface area contributed by atoms with Gasteiger partial charge in [-0.2, -0.15) is 10.2 Å². The lowest BCUT2D eigenvalue weighted by molar-refractivity contribution is 0.258. The molecule has 0 amide bonds. The van der Waals surface area contributed by atoms with Crippen LogP contribution in [-0.2, 0) is 6.42 Å². The monoisotopic (exact) mass is 370 g/mol. The van der Waals surface area contributed by atoms with Gasteiger partial charge in [0.2, 0.25) is 0 Å². The minimum Gasteiger partial charge on any atom is -0.491 e. The van der Waals surface area contributed by atoms with Gasteiger partial charge >= 0.3 is 0 Å². The Hall–Kier alpha value is -1.97. The smallest absolute Gasteiger partial charge is 0.165 e. The predicted molar refractivity (Wildman–Crippen MR) is 107 cm³/mol. The highest BCUT2D eigenvalue weighted by Gasteiger charge is 2.19. The largest absolute Gasteiger partial charge is 0.491 e. The highest BCUT2D eigenvalue weighted by molar-refractivity contribution is 5.59. The van der Waals surface area contributed by atoms with E-state index in [0.717, 1.165) is 35.9 Å². The van der Waals surface area contributed by atoms with Crippen LogP contribution in [0.5, 0.6) is 5.75 Å². The summed E-state index contributed by atoms with van der Waals surface area (Å²) in [5.74, 6) is 1.72. The first-order valence-electron chi connectivity index (χ1n) is 10.4. The first-order chi connectivity index (χ1) is 13.2. The van der Waals surface area contributed by atoms with E-state index >= 15 is 0 Å². The van der Waals surface area contributed by atoms with E-state index in [1.54, 1.807) is 6.07 Å². The topological polar surface area (TPSA) is 35.0 Å². The Kier molecular flexibility index (Phi) is 7.19. The van der Waals surface area contributed by atoms with Crippen LogP contribution in [0.1, 0.15) is 64.5 Å². The van der Waals surface area contributed by atoms with Crippen molar-refractivity contribution in [2.75, 3.05) is 6.61 Å². The lowest BCUT2D eigenvalue weighted by atomic mass is 9.79. The van der Waals surface area contributed by atoms with Crippen molar-refractivity contribution in [1.29, 1.82) is 0 Å². The summed E-state index contributed by atoms with van der Waals surface area (Å²) in [5.41, 5.74) is 2.45. The summed E-state index contributed by atoms with van der Waals surface area (Å²) in [7, 11) is 0. The van der Waals surface area contributed by atoms with Gasteiger partial charge in [0, 0.05) is 5.56 Å². The summed E-state index contributed by atoms with van der Waals surface area (Å²) in [6, 6.07) is 8.95. The van der Waals surface area contributed by atoms with Crippen molar-refractivity contribution in [2.24, 2.45) is 11.8 Å². The van der Waals surface area contributed by atoms with Gasteiger partial charge in [-0.3, -0.25) is 0 Å². The van der Waals surface area contributed by atoms with E-state index in [1.165, 1.54) is 44.6 Å². The second-order valence-corrected chi connectivity index (χ2v) is 7.74. The molecule has 0 spiro atoms. The Balaban J connectivity index is 1.55. The van der Waals surface area contributed by atoms with Crippen molar-refractivity contribution < 1.29 is 9.13 Å².